The van der Waals surface area contributed by atoms with E-state index in [1.807, 2.05) is 0 Å². The Kier molecular flexibility index (Phi) is 10.4. The molecule has 0 aliphatic rings. The van der Waals surface area contributed by atoms with Crippen LogP contribution in [0.3, 0.4) is 0 Å². The summed E-state index contributed by atoms with van der Waals surface area (Å²) < 4.78 is 4.97. The van der Waals surface area contributed by atoms with Crippen molar-refractivity contribution in [3.63, 3.8) is 0 Å². The molecule has 0 spiro atoms. The van der Waals surface area contributed by atoms with E-state index in [0.717, 1.165) is 25.7 Å². The second kappa shape index (κ2) is 10.9. The number of aliphatic hydroxyl groups excluding tert-OH is 2. The molecule has 0 saturated heterocycles. The Balaban J connectivity index is 3.81. The smallest absolute Gasteiger partial charge is 0.359 e. The quantitative estimate of drug-likeness (QED) is 0.213. The maximum Gasteiger partial charge on any atom is 0.359 e. The first-order valence-corrected chi connectivity index (χ1v) is 6.61. The zero-order valence-electron chi connectivity index (χ0n) is 11.6. The van der Waals surface area contributed by atoms with E-state index in [1.165, 1.54) is 0 Å². The molecule has 0 aliphatic carbocycles. The fourth-order valence-electron chi connectivity index (χ4n) is 1.57. The summed E-state index contributed by atoms with van der Waals surface area (Å²) in [6.07, 6.45) is 8.18. The maximum atomic E-state index is 10.7. The molecule has 0 fully saturated rings. The van der Waals surface area contributed by atoms with Crippen LogP contribution in [0.2, 0.25) is 0 Å². The van der Waals surface area contributed by atoms with E-state index in [2.05, 4.69) is 19.1 Å². The minimum atomic E-state index is -1.07. The van der Waals surface area contributed by atoms with Crippen molar-refractivity contribution < 1.29 is 29.3 Å². The Morgan fingerprint density at radius 1 is 1.21 bits per heavy atom. The van der Waals surface area contributed by atoms with Gasteiger partial charge in [-0.05, 0) is 25.7 Å². The highest BCUT2D eigenvalue weighted by Gasteiger charge is 2.29. The molecular weight excluding hydrogens is 250 g/mol. The molecule has 0 radical (unpaired) electrons. The van der Waals surface area contributed by atoms with E-state index in [9.17, 15) is 15.0 Å². The largest absolute Gasteiger partial charge is 0.477 e. The number of unbranched alkanes of at least 4 members (excludes halogenated alkanes) is 2. The fraction of sp³-hybridized carbons (Fsp3) is 0.769. The molecule has 0 unspecified atom stereocenters. The molecule has 19 heavy (non-hydrogen) atoms. The van der Waals surface area contributed by atoms with Gasteiger partial charge in [0.15, 0.2) is 26.7 Å². The standard InChI is InChI=1S/C13H25NO5/c1-2-3-4-5-6-7-8-19-12-14(10-15,11-16)9-13(17)18/h3-4,15-16H,2,5-12H2,1H3/p+1/b4-3+. The Hall–Kier alpha value is -0.950. The zero-order valence-corrected chi connectivity index (χ0v) is 11.6. The van der Waals surface area contributed by atoms with Gasteiger partial charge in [0.05, 0.1) is 6.61 Å². The summed E-state index contributed by atoms with van der Waals surface area (Å²) in [6.45, 7) is 1.32. The van der Waals surface area contributed by atoms with Gasteiger partial charge in [0.2, 0.25) is 0 Å². The van der Waals surface area contributed by atoms with Crippen molar-refractivity contribution in [2.24, 2.45) is 0 Å². The van der Waals surface area contributed by atoms with Crippen molar-refractivity contribution in [2.75, 3.05) is 33.3 Å². The van der Waals surface area contributed by atoms with Crippen LogP contribution in [0.15, 0.2) is 12.2 Å². The van der Waals surface area contributed by atoms with E-state index >= 15 is 0 Å². The minimum Gasteiger partial charge on any atom is -0.477 e. The van der Waals surface area contributed by atoms with Crippen LogP contribution in [0.1, 0.15) is 32.6 Å². The Labute approximate surface area is 114 Å². The van der Waals surface area contributed by atoms with E-state index in [4.69, 9.17) is 9.84 Å². The number of nitrogens with zero attached hydrogens (tertiary/aromatic N) is 1. The van der Waals surface area contributed by atoms with Gasteiger partial charge in [-0.1, -0.05) is 19.1 Å². The number of hydrogen-bond donors (Lipinski definition) is 3. The lowest BCUT2D eigenvalue weighted by Gasteiger charge is -2.31. The van der Waals surface area contributed by atoms with Crippen molar-refractivity contribution in [2.45, 2.75) is 32.6 Å². The molecule has 6 nitrogen and oxygen atoms in total. The topological polar surface area (TPSA) is 87.0 Å². The molecule has 0 saturated carbocycles. The predicted molar refractivity (Wildman–Crippen MR) is 71.0 cm³/mol. The van der Waals surface area contributed by atoms with E-state index in [-0.39, 0.29) is 17.8 Å². The number of allylic oxidation sites excluding steroid dienone is 2. The van der Waals surface area contributed by atoms with E-state index in [1.54, 1.807) is 0 Å². The van der Waals surface area contributed by atoms with Crippen LogP contribution in [-0.2, 0) is 9.53 Å². The molecule has 0 rings (SSSR count). The van der Waals surface area contributed by atoms with Gasteiger partial charge in [-0.2, -0.15) is 0 Å². The third-order valence-corrected chi connectivity index (χ3v) is 2.75. The Bertz CT molecular complexity index is 264. The number of carbonyl (C=O) groups is 1. The summed E-state index contributed by atoms with van der Waals surface area (Å²) in [5, 5.41) is 27.1. The van der Waals surface area contributed by atoms with Gasteiger partial charge in [-0.15, -0.1) is 0 Å². The molecule has 0 aromatic heterocycles. The summed E-state index contributed by atoms with van der Waals surface area (Å²) in [6, 6.07) is 0. The number of rotatable bonds is 12. The zero-order chi connectivity index (χ0) is 14.6. The predicted octanol–water partition coefficient (Wildman–Crippen LogP) is 0.898. The number of quaternary nitrogens is 1. The van der Waals surface area contributed by atoms with Gasteiger partial charge in [0.25, 0.3) is 0 Å². The molecule has 0 aliphatic heterocycles. The maximum absolute atomic E-state index is 10.7. The van der Waals surface area contributed by atoms with Crippen LogP contribution in [0.4, 0.5) is 0 Å². The monoisotopic (exact) mass is 276 g/mol. The average Bonchev–Trinajstić information content (AvgIpc) is 2.40. The molecule has 112 valence electrons. The highest BCUT2D eigenvalue weighted by atomic mass is 16.5. The summed E-state index contributed by atoms with van der Waals surface area (Å²) >= 11 is 0. The molecule has 0 aromatic carbocycles. The average molecular weight is 276 g/mol. The van der Waals surface area contributed by atoms with Gasteiger partial charge < -0.3 is 20.1 Å². The number of carboxylic acid groups (broad SMARTS) is 1. The lowest BCUT2D eigenvalue weighted by molar-refractivity contribution is -0.971. The van der Waals surface area contributed by atoms with Crippen molar-refractivity contribution in [3.8, 4) is 0 Å². The molecular formula is C13H26NO5+. The van der Waals surface area contributed by atoms with Crippen LogP contribution >= 0.6 is 0 Å². The molecule has 0 amide bonds. The third-order valence-electron chi connectivity index (χ3n) is 2.75. The second-order valence-electron chi connectivity index (χ2n) is 4.59. The first-order chi connectivity index (χ1) is 9.10. The molecule has 0 heterocycles. The SMILES string of the molecule is CC/C=C/CCCCOC[N+](CO)(CO)CC(=O)O. The summed E-state index contributed by atoms with van der Waals surface area (Å²) in [7, 11) is 0. The molecule has 6 heteroatoms. The number of aliphatic hydroxyl groups is 2. The number of carboxylic acids is 1. The lowest BCUT2D eigenvalue weighted by atomic mass is 10.2. The van der Waals surface area contributed by atoms with Gasteiger partial charge in [0.1, 0.15) is 0 Å². The van der Waals surface area contributed by atoms with Gasteiger partial charge >= 0.3 is 5.97 Å². The fourth-order valence-corrected chi connectivity index (χ4v) is 1.57. The van der Waals surface area contributed by atoms with E-state index in [0.29, 0.717) is 6.61 Å². The highest BCUT2D eigenvalue weighted by molar-refractivity contribution is 5.67. The summed E-state index contributed by atoms with van der Waals surface area (Å²) in [5.41, 5.74) is 0. The van der Waals surface area contributed by atoms with Crippen molar-refractivity contribution in [3.05, 3.63) is 12.2 Å². The number of aliphatic carboxylic acids is 1. The van der Waals surface area contributed by atoms with Crippen LogP contribution in [0.25, 0.3) is 0 Å². The van der Waals surface area contributed by atoms with Crippen molar-refractivity contribution >= 4 is 5.97 Å². The van der Waals surface area contributed by atoms with Crippen LogP contribution in [0, 0.1) is 0 Å². The number of ether oxygens (including phenoxy) is 1. The first kappa shape index (κ1) is 18.0. The Morgan fingerprint density at radius 2 is 1.89 bits per heavy atom. The van der Waals surface area contributed by atoms with Gasteiger partial charge in [-0.3, -0.25) is 0 Å². The van der Waals surface area contributed by atoms with E-state index < -0.39 is 19.4 Å². The molecule has 0 atom stereocenters. The van der Waals surface area contributed by atoms with Crippen LogP contribution in [-0.4, -0.2) is 59.1 Å². The highest BCUT2D eigenvalue weighted by Crippen LogP contribution is 2.06. The third kappa shape index (κ3) is 8.72. The molecule has 0 bridgehead atoms. The Morgan fingerprint density at radius 3 is 2.42 bits per heavy atom. The summed E-state index contributed by atoms with van der Waals surface area (Å²) in [4.78, 5) is 10.7. The van der Waals surface area contributed by atoms with Gasteiger partial charge in [0, 0.05) is 0 Å². The molecule has 3 N–H and O–H groups in total. The minimum absolute atomic E-state index is 0.00407. The van der Waals surface area contributed by atoms with Gasteiger partial charge in [-0.25, -0.2) is 9.28 Å². The van der Waals surface area contributed by atoms with Crippen LogP contribution < -0.4 is 0 Å². The summed E-state index contributed by atoms with van der Waals surface area (Å²) in [5.74, 6) is -1.07. The van der Waals surface area contributed by atoms with Crippen molar-refractivity contribution in [1.29, 1.82) is 0 Å². The molecule has 0 aromatic rings. The van der Waals surface area contributed by atoms with Crippen LogP contribution in [0.5, 0.6) is 0 Å². The lowest BCUT2D eigenvalue weighted by Crippen LogP contribution is -2.53. The first-order valence-electron chi connectivity index (χ1n) is 6.61. The number of hydrogen-bond acceptors (Lipinski definition) is 4. The normalized spacial score (nSPS) is 12.2. The second-order valence-corrected chi connectivity index (χ2v) is 4.59. The van der Waals surface area contributed by atoms with Crippen molar-refractivity contribution in [1.82, 2.24) is 0 Å².